The highest BCUT2D eigenvalue weighted by atomic mass is 32.2. The number of nitrogens with one attached hydrogen (secondary N) is 1. The van der Waals surface area contributed by atoms with Crippen LogP contribution in [0, 0.1) is 13.8 Å². The quantitative estimate of drug-likeness (QED) is 0.695. The Morgan fingerprint density at radius 2 is 1.75 bits per heavy atom. The number of hydrogen-bond donors (Lipinski definition) is 2. The van der Waals surface area contributed by atoms with E-state index in [1.54, 1.807) is 36.7 Å². The molecule has 0 bridgehead atoms. The van der Waals surface area contributed by atoms with Crippen LogP contribution in [-0.4, -0.2) is 33.3 Å². The van der Waals surface area contributed by atoms with Gasteiger partial charge in [0.15, 0.2) is 5.82 Å². The Morgan fingerprint density at radius 1 is 1.11 bits per heavy atom. The fraction of sp³-hybridized carbons (Fsp3) is 0.316. The average molecular weight is 401 g/mol. The van der Waals surface area contributed by atoms with Crippen LogP contribution in [0.15, 0.2) is 41.6 Å². The van der Waals surface area contributed by atoms with Crippen LogP contribution in [0.2, 0.25) is 0 Å². The van der Waals surface area contributed by atoms with Gasteiger partial charge in [0, 0.05) is 5.56 Å². The molecule has 0 saturated carbocycles. The summed E-state index contributed by atoms with van der Waals surface area (Å²) >= 11 is 0. The van der Waals surface area contributed by atoms with Gasteiger partial charge in [-0.15, -0.1) is 0 Å². The van der Waals surface area contributed by atoms with Crippen molar-refractivity contribution in [3.05, 3.63) is 48.0 Å². The average Bonchev–Trinajstić information content (AvgIpc) is 2.90. The van der Waals surface area contributed by atoms with Gasteiger partial charge in [0.05, 0.1) is 35.0 Å². The molecule has 0 aliphatic carbocycles. The molecule has 0 atom stereocenters. The molecule has 28 heavy (non-hydrogen) atoms. The molecule has 8 nitrogen and oxygen atoms in total. The van der Waals surface area contributed by atoms with E-state index in [9.17, 15) is 13.5 Å². The van der Waals surface area contributed by atoms with Crippen LogP contribution in [0.4, 0.5) is 5.69 Å². The fourth-order valence-corrected chi connectivity index (χ4v) is 4.47. The molecule has 0 fully saturated rings. The third-order valence-corrected chi connectivity index (χ3v) is 5.77. The first-order chi connectivity index (χ1) is 13.0. The van der Waals surface area contributed by atoms with Gasteiger partial charge in [-0.1, -0.05) is 12.1 Å². The summed E-state index contributed by atoms with van der Waals surface area (Å²) in [7, 11) is -3.85. The lowest BCUT2D eigenvalue weighted by Gasteiger charge is -2.21. The minimum atomic E-state index is -3.85. The van der Waals surface area contributed by atoms with Gasteiger partial charge in [0.1, 0.15) is 10.6 Å². The number of phenols is 1. The number of sulfonamides is 1. The van der Waals surface area contributed by atoms with Crippen molar-refractivity contribution in [2.45, 2.75) is 45.1 Å². The van der Waals surface area contributed by atoms with Crippen LogP contribution >= 0.6 is 0 Å². The van der Waals surface area contributed by atoms with Crippen molar-refractivity contribution in [3.8, 4) is 17.1 Å². The first-order valence-electron chi connectivity index (χ1n) is 8.70. The number of anilines is 1. The highest BCUT2D eigenvalue weighted by molar-refractivity contribution is 7.92. The van der Waals surface area contributed by atoms with Crippen LogP contribution in [0.5, 0.6) is 5.75 Å². The Bertz CT molecular complexity index is 1110. The lowest BCUT2D eigenvalue weighted by Crippen LogP contribution is -2.25. The summed E-state index contributed by atoms with van der Waals surface area (Å²) in [5.41, 5.74) is 1.53. The Morgan fingerprint density at radius 3 is 2.29 bits per heavy atom. The van der Waals surface area contributed by atoms with E-state index in [1.807, 2.05) is 20.8 Å². The summed E-state index contributed by atoms with van der Waals surface area (Å²) < 4.78 is 30.1. The van der Waals surface area contributed by atoms with E-state index in [4.69, 9.17) is 0 Å². The maximum Gasteiger partial charge on any atom is 0.265 e. The predicted molar refractivity (Wildman–Crippen MR) is 107 cm³/mol. The zero-order valence-electron chi connectivity index (χ0n) is 16.4. The molecular weight excluding hydrogens is 378 g/mol. The van der Waals surface area contributed by atoms with Gasteiger partial charge in [0.2, 0.25) is 0 Å². The number of rotatable bonds is 4. The third kappa shape index (κ3) is 3.84. The minimum Gasteiger partial charge on any atom is -0.508 e. The summed E-state index contributed by atoms with van der Waals surface area (Å²) in [5.74, 6) is 0.486. The molecule has 0 aliphatic heterocycles. The van der Waals surface area contributed by atoms with Gasteiger partial charge < -0.3 is 5.11 Å². The number of aromatic nitrogens is 4. The van der Waals surface area contributed by atoms with E-state index in [0.717, 1.165) is 0 Å². The fourth-order valence-electron chi connectivity index (χ4n) is 3.05. The second-order valence-electron chi connectivity index (χ2n) is 7.53. The highest BCUT2D eigenvalue weighted by Crippen LogP contribution is 2.27. The molecule has 3 aromatic rings. The molecule has 1 aromatic carbocycles. The van der Waals surface area contributed by atoms with Crippen LogP contribution in [0.1, 0.15) is 32.2 Å². The maximum atomic E-state index is 12.9. The van der Waals surface area contributed by atoms with Crippen molar-refractivity contribution in [2.24, 2.45) is 0 Å². The Labute approximate surface area is 164 Å². The van der Waals surface area contributed by atoms with Crippen molar-refractivity contribution >= 4 is 15.7 Å². The summed E-state index contributed by atoms with van der Waals surface area (Å²) in [4.78, 5) is 8.53. The molecule has 3 rings (SSSR count). The molecule has 0 aliphatic rings. The van der Waals surface area contributed by atoms with Crippen LogP contribution in [0.25, 0.3) is 11.4 Å². The Balaban J connectivity index is 1.90. The molecule has 2 heterocycles. The van der Waals surface area contributed by atoms with Crippen molar-refractivity contribution < 1.29 is 13.5 Å². The lowest BCUT2D eigenvalue weighted by molar-refractivity contribution is 0.345. The van der Waals surface area contributed by atoms with E-state index < -0.39 is 10.0 Å². The summed E-state index contributed by atoms with van der Waals surface area (Å²) in [6, 6.07) is 6.52. The Hall–Kier alpha value is -2.94. The summed E-state index contributed by atoms with van der Waals surface area (Å²) in [6.07, 6.45) is 2.78. The summed E-state index contributed by atoms with van der Waals surface area (Å²) in [5, 5.41) is 14.0. The van der Waals surface area contributed by atoms with Crippen molar-refractivity contribution in [1.82, 2.24) is 19.7 Å². The van der Waals surface area contributed by atoms with E-state index in [2.05, 4.69) is 19.8 Å². The van der Waals surface area contributed by atoms with E-state index in [-0.39, 0.29) is 21.9 Å². The highest BCUT2D eigenvalue weighted by Gasteiger charge is 2.28. The Kier molecular flexibility index (Phi) is 4.88. The monoisotopic (exact) mass is 401 g/mol. The van der Waals surface area contributed by atoms with Crippen LogP contribution in [0.3, 0.4) is 0 Å². The molecule has 148 valence electrons. The molecule has 0 spiro atoms. The predicted octanol–water partition coefficient (Wildman–Crippen LogP) is 3.22. The van der Waals surface area contributed by atoms with Crippen LogP contribution < -0.4 is 4.72 Å². The van der Waals surface area contributed by atoms with Crippen molar-refractivity contribution in [1.29, 1.82) is 0 Å². The molecule has 0 saturated heterocycles. The van der Waals surface area contributed by atoms with Crippen LogP contribution in [-0.2, 0) is 15.6 Å². The lowest BCUT2D eigenvalue weighted by atomic mass is 10.1. The topological polar surface area (TPSA) is 110 Å². The molecule has 0 radical (unpaired) electrons. The molecule has 2 aromatic heterocycles. The number of nitrogens with zero attached hydrogens (tertiary/aromatic N) is 4. The standard InChI is InChI=1S/C19H23N5O3S/c1-12-17(13(2)24(22-12)19(3,4)5)28(26,27)23-15-10-20-18(21-11-15)14-7-6-8-16(25)9-14/h6-11,23,25H,1-5H3. The first kappa shape index (κ1) is 19.8. The number of hydrogen-bond acceptors (Lipinski definition) is 6. The van der Waals surface area contributed by atoms with Gasteiger partial charge >= 0.3 is 0 Å². The first-order valence-corrected chi connectivity index (χ1v) is 10.2. The molecule has 0 unspecified atom stereocenters. The number of aryl methyl sites for hydroxylation is 1. The van der Waals surface area contributed by atoms with E-state index in [1.165, 1.54) is 18.5 Å². The van der Waals surface area contributed by atoms with Gasteiger partial charge in [0.25, 0.3) is 10.0 Å². The molecule has 2 N–H and O–H groups in total. The maximum absolute atomic E-state index is 12.9. The van der Waals surface area contributed by atoms with Crippen molar-refractivity contribution in [3.63, 3.8) is 0 Å². The SMILES string of the molecule is Cc1nn(C(C)(C)C)c(C)c1S(=O)(=O)Nc1cnc(-c2cccc(O)c2)nc1. The number of aromatic hydroxyl groups is 1. The van der Waals surface area contributed by atoms with E-state index >= 15 is 0 Å². The second kappa shape index (κ2) is 6.90. The third-order valence-electron chi connectivity index (χ3n) is 4.14. The zero-order chi connectivity index (χ0) is 20.7. The normalized spacial score (nSPS) is 12.2. The molecule has 9 heteroatoms. The van der Waals surface area contributed by atoms with Crippen molar-refractivity contribution in [2.75, 3.05) is 4.72 Å². The number of benzene rings is 1. The summed E-state index contributed by atoms with van der Waals surface area (Å²) in [6.45, 7) is 9.30. The second-order valence-corrected chi connectivity index (χ2v) is 9.15. The van der Waals surface area contributed by atoms with Gasteiger partial charge in [-0.3, -0.25) is 9.40 Å². The van der Waals surface area contributed by atoms with Gasteiger partial charge in [-0.05, 0) is 46.8 Å². The van der Waals surface area contributed by atoms with Gasteiger partial charge in [-0.25, -0.2) is 18.4 Å². The molecular formula is C19H23N5O3S. The minimum absolute atomic E-state index is 0.104. The van der Waals surface area contributed by atoms with E-state index in [0.29, 0.717) is 22.8 Å². The zero-order valence-corrected chi connectivity index (χ0v) is 17.2. The number of phenolic OH excluding ortho intramolecular Hbond substituents is 1. The molecule has 0 amide bonds. The largest absolute Gasteiger partial charge is 0.508 e. The van der Waals surface area contributed by atoms with Gasteiger partial charge in [-0.2, -0.15) is 5.10 Å². The smallest absolute Gasteiger partial charge is 0.265 e.